The number of carbonyl (C=O) groups is 8. The highest BCUT2D eigenvalue weighted by molar-refractivity contribution is 6.32. The number of carboxylic acid groups (broad SMARTS) is 1. The second kappa shape index (κ2) is 33.9. The van der Waals surface area contributed by atoms with Gasteiger partial charge in [0, 0.05) is 48.6 Å². The van der Waals surface area contributed by atoms with Crippen LogP contribution in [0, 0.1) is 0 Å². The summed E-state index contributed by atoms with van der Waals surface area (Å²) in [5, 5.41) is 163. The van der Waals surface area contributed by atoms with Crippen molar-refractivity contribution in [3.8, 4) is 80.1 Å². The van der Waals surface area contributed by atoms with Crippen LogP contribution in [-0.2, 0) is 63.7 Å². The van der Waals surface area contributed by atoms with E-state index in [2.05, 4.69) is 37.2 Å². The number of halogens is 2. The first-order chi connectivity index (χ1) is 56.2. The number of phenols is 4. The highest BCUT2D eigenvalue weighted by Gasteiger charge is 2.51. The Hall–Kier alpha value is -11.4. The number of fused-ring (bicyclic) bond motifs is 14. The number of phenolic OH excluding ortho intramolecular Hbond substituents is 4. The molecular formula is C78H78Cl2N8O30. The van der Waals surface area contributed by atoms with Gasteiger partial charge in [0.05, 0.1) is 35.5 Å². The number of ether oxygens (including phenoxy) is 9. The summed E-state index contributed by atoms with van der Waals surface area (Å²) in [6.45, 7) is 0.583. The van der Waals surface area contributed by atoms with Crippen molar-refractivity contribution in [3.63, 3.8) is 0 Å². The summed E-state index contributed by atoms with van der Waals surface area (Å²) < 4.78 is 57.0. The maximum absolute atomic E-state index is 16.7. The molecule has 0 spiro atoms. The molecule has 118 heavy (non-hydrogen) atoms. The van der Waals surface area contributed by atoms with E-state index in [0.29, 0.717) is 0 Å². The normalized spacial score (nSPS) is 29.7. The van der Waals surface area contributed by atoms with Crippen molar-refractivity contribution in [1.29, 1.82) is 0 Å². The van der Waals surface area contributed by atoms with Crippen molar-refractivity contribution in [3.05, 3.63) is 164 Å². The highest BCUT2D eigenvalue weighted by Crippen LogP contribution is 2.51. The number of aromatic hydroxyl groups is 4. The largest absolute Gasteiger partial charge is 0.508 e. The Morgan fingerprint density at radius 2 is 1.14 bits per heavy atom. The molecule has 0 aromatic heterocycles. The first-order valence-corrected chi connectivity index (χ1v) is 37.4. The topological polar surface area (TPSA) is 593 Å². The molecule has 21 atom stereocenters. The summed E-state index contributed by atoms with van der Waals surface area (Å²) in [7, 11) is 0. The molecule has 3 saturated heterocycles. The van der Waals surface area contributed by atoms with Crippen molar-refractivity contribution in [2.24, 2.45) is 5.73 Å². The number of aliphatic hydroxyl groups excluding tert-OH is 8. The Bertz CT molecular complexity index is 5130. The number of rotatable bonds is 10. The molecule has 3 fully saturated rings. The van der Waals surface area contributed by atoms with Gasteiger partial charge in [0.15, 0.2) is 35.3 Å². The van der Waals surface area contributed by atoms with E-state index in [-0.39, 0.29) is 63.1 Å². The fraction of sp³-hybridized carbons (Fsp3) is 0.359. The summed E-state index contributed by atoms with van der Waals surface area (Å²) in [6.07, 6.45) is -24.0. The maximum atomic E-state index is 16.7. The molecule has 624 valence electrons. The van der Waals surface area contributed by atoms with Crippen LogP contribution in [0.15, 0.2) is 115 Å². The van der Waals surface area contributed by atoms with E-state index in [1.54, 1.807) is 6.92 Å². The Labute approximate surface area is 676 Å². The molecule has 9 aliphatic heterocycles. The van der Waals surface area contributed by atoms with E-state index in [1.165, 1.54) is 36.4 Å². The molecule has 38 nitrogen and oxygen atoms in total. The maximum Gasteiger partial charge on any atom is 0.330 e. The van der Waals surface area contributed by atoms with Gasteiger partial charge in [0.25, 0.3) is 0 Å². The van der Waals surface area contributed by atoms with Crippen molar-refractivity contribution < 1.29 is 147 Å². The number of hydrogen-bond acceptors (Lipinski definition) is 30. The van der Waals surface area contributed by atoms with Crippen LogP contribution >= 0.6 is 23.2 Å². The molecule has 22 N–H and O–H groups in total. The molecule has 9 heterocycles. The van der Waals surface area contributed by atoms with Crippen LogP contribution < -0.4 is 66.6 Å². The molecule has 7 aromatic carbocycles. The van der Waals surface area contributed by atoms with E-state index < -0.39 is 274 Å². The molecule has 0 saturated carbocycles. The Kier molecular flexibility index (Phi) is 23.9. The van der Waals surface area contributed by atoms with E-state index in [4.69, 9.17) is 71.6 Å². The Morgan fingerprint density at radius 3 is 1.79 bits per heavy atom. The van der Waals surface area contributed by atoms with Gasteiger partial charge in [-0.3, -0.25) is 33.6 Å². The van der Waals surface area contributed by atoms with E-state index in [1.807, 2.05) is 0 Å². The van der Waals surface area contributed by atoms with E-state index in [9.17, 15) is 80.8 Å². The number of amides is 7. The third-order valence-electron chi connectivity index (χ3n) is 20.7. The minimum absolute atomic E-state index is 0.0639. The number of nitrogens with two attached hydrogens (primary N) is 1. The predicted octanol–water partition coefficient (Wildman–Crippen LogP) is 0.985. The lowest BCUT2D eigenvalue weighted by atomic mass is 9.89. The van der Waals surface area contributed by atoms with Gasteiger partial charge in [-0.1, -0.05) is 47.5 Å². The summed E-state index contributed by atoms with van der Waals surface area (Å²) in [6, 6.07) is 4.12. The molecule has 40 heteroatoms. The highest BCUT2D eigenvalue weighted by atomic mass is 35.5. The molecule has 7 aromatic rings. The van der Waals surface area contributed by atoms with Crippen molar-refractivity contribution in [1.82, 2.24) is 37.2 Å². The lowest BCUT2D eigenvalue weighted by Gasteiger charge is -2.44. The average molecular weight is 1680 g/mol. The number of benzene rings is 7. The van der Waals surface area contributed by atoms with Crippen molar-refractivity contribution in [2.45, 2.75) is 161 Å². The van der Waals surface area contributed by atoms with Crippen LogP contribution in [0.5, 0.6) is 69.0 Å². The van der Waals surface area contributed by atoms with Crippen LogP contribution in [-0.4, -0.2) is 219 Å². The zero-order valence-electron chi connectivity index (χ0n) is 61.7. The van der Waals surface area contributed by atoms with E-state index in [0.717, 1.165) is 85.8 Å². The number of carbonyl (C=O) groups excluding carboxylic acids is 7. The number of aliphatic carboxylic acids is 1. The zero-order chi connectivity index (χ0) is 84.3. The average Bonchev–Trinajstić information content (AvgIpc) is 0.755. The van der Waals surface area contributed by atoms with Crippen molar-refractivity contribution >= 4 is 70.5 Å². The fourth-order valence-corrected chi connectivity index (χ4v) is 15.3. The minimum atomic E-state index is -2.52. The van der Waals surface area contributed by atoms with Crippen LogP contribution in [0.4, 0.5) is 0 Å². The molecule has 16 rings (SSSR count). The van der Waals surface area contributed by atoms with Gasteiger partial charge in [-0.25, -0.2) is 4.79 Å². The van der Waals surface area contributed by atoms with E-state index >= 15 is 24.0 Å². The fourth-order valence-electron chi connectivity index (χ4n) is 14.8. The second-order valence-corrected chi connectivity index (χ2v) is 29.9. The first kappa shape index (κ1) is 83.1. The number of hydrogen-bond donors (Lipinski definition) is 21. The molecule has 14 unspecified atom stereocenters. The molecule has 9 aliphatic rings. The third-order valence-corrected chi connectivity index (χ3v) is 21.3. The Balaban J connectivity index is 1.03. The lowest BCUT2D eigenvalue weighted by Crippen LogP contribution is -2.65. The molecule has 7 amide bonds. The van der Waals surface area contributed by atoms with Crippen LogP contribution in [0.3, 0.4) is 0 Å². The standard InChI is InChI=1S/C78H78Cl2N8O30/c1-27-11-35(92)24-54(110-27)117-69-50-19-34-20-51(69)113-47-10-6-32(17-42(47)80)68(118-77-61(82-28(2)91)65(99)63(97)52(25-89)115-77)62-75(107)87-60(76(108)109)40-22-37(94)23-49(114-78-67(101)66(100)64(98)53(26-90)116-78)55(40)39-16-31(5-7-44(39)95)57(72(104)88-62)85-74(106)59(34)86-73(105)58-33-14-36(93)21-38(15-33)111-48-18-30(4-8-45(48)96)56(81)71(103)83-43(70(102)84-58)13-29-3-9-46(112-50)41(79)12-29/h3-10,12,14-23,27,35,43,52-54,56-68,77-78,89-90,92-101H,11,13,24-26,81H2,1-2H3,(H,82,91)(H,83,103)(H,84,102)(H,85,106)(H,86,105)(H,87,107)(H,88,104)(H,108,109)/t27?,35?,43-,52-,53?,54?,56?,57?,58+,59-,60?,61?,62?,63?,64-,65-,66?,67?,68?,77?,78+/m1/s1. The lowest BCUT2D eigenvalue weighted by molar-refractivity contribution is -0.284. The minimum Gasteiger partial charge on any atom is -0.508 e. The van der Waals surface area contributed by atoms with Crippen LogP contribution in [0.2, 0.25) is 10.0 Å². The zero-order valence-corrected chi connectivity index (χ0v) is 63.2. The molecular weight excluding hydrogens is 1600 g/mol. The van der Waals surface area contributed by atoms with Crippen LogP contribution in [0.1, 0.15) is 102 Å². The monoisotopic (exact) mass is 1680 g/mol. The third kappa shape index (κ3) is 17.0. The van der Waals surface area contributed by atoms with Gasteiger partial charge in [0.2, 0.25) is 59.7 Å². The second-order valence-electron chi connectivity index (χ2n) is 29.0. The molecule has 0 aliphatic carbocycles. The van der Waals surface area contributed by atoms with Gasteiger partial charge in [-0.15, -0.1) is 0 Å². The quantitative estimate of drug-likeness (QED) is 0.0907. The first-order valence-electron chi connectivity index (χ1n) is 36.7. The summed E-state index contributed by atoms with van der Waals surface area (Å²) in [5.74, 6) is -17.2. The summed E-state index contributed by atoms with van der Waals surface area (Å²) in [4.78, 5) is 123. The predicted molar refractivity (Wildman–Crippen MR) is 400 cm³/mol. The number of carboxylic acids is 1. The van der Waals surface area contributed by atoms with Crippen molar-refractivity contribution in [2.75, 3.05) is 13.2 Å². The Morgan fingerprint density at radius 1 is 0.542 bits per heavy atom. The summed E-state index contributed by atoms with van der Waals surface area (Å²) >= 11 is 14.5. The number of aliphatic hydroxyl groups is 8. The van der Waals surface area contributed by atoms with Gasteiger partial charge < -0.3 is 152 Å². The SMILES string of the molecule is CC(=O)NC1C(OC2c3ccc(c(Cl)c3)Oc3cc4cc(c3OC3CC(O)CC(C)O3)Oc3ccc(cc3Cl)C[C@H]3NC(=O)C(N)c5ccc(O)c(c5)Oc5cc(O)cc(c5)[C@H](NC3=O)C(=O)N[C@H]4C(=O)NC3C(=O)NC2C(=O)NC(C(=O)O)c2cc(O)cc(O[C@H]4OC(CO)[C@@H](O)C(O)C4O)c2-c2cc3ccc2O)O[C@H](CO)C(O)[C@@H]1O. The smallest absolute Gasteiger partial charge is 0.330 e. The molecule has 17 bridgehead atoms. The number of nitrogens with one attached hydrogen (secondary N) is 7. The molecule has 0 radical (unpaired) electrons. The van der Waals surface area contributed by atoms with Gasteiger partial charge in [-0.05, 0) is 126 Å². The van der Waals surface area contributed by atoms with Gasteiger partial charge >= 0.3 is 5.97 Å². The summed E-state index contributed by atoms with van der Waals surface area (Å²) in [5.41, 5.74) is 3.33. The van der Waals surface area contributed by atoms with Gasteiger partial charge in [-0.2, -0.15) is 0 Å². The van der Waals surface area contributed by atoms with Gasteiger partial charge in [0.1, 0.15) is 131 Å². The van der Waals surface area contributed by atoms with Crippen LogP contribution in [0.25, 0.3) is 11.1 Å².